The molecule has 1 aromatic heterocycles. The van der Waals surface area contributed by atoms with Crippen LogP contribution in [0.1, 0.15) is 41.9 Å². The van der Waals surface area contributed by atoms with Crippen molar-refractivity contribution in [1.82, 2.24) is 15.2 Å². The molecule has 3 aromatic carbocycles. The minimum Gasteiger partial charge on any atom is -0.457 e. The number of rotatable bonds is 10. The first kappa shape index (κ1) is 28.8. The van der Waals surface area contributed by atoms with Crippen molar-refractivity contribution < 1.29 is 27.9 Å². The van der Waals surface area contributed by atoms with E-state index >= 15 is 0 Å². The van der Waals surface area contributed by atoms with Gasteiger partial charge in [-0.1, -0.05) is 12.1 Å². The summed E-state index contributed by atoms with van der Waals surface area (Å²) in [6, 6.07) is 20.3. The summed E-state index contributed by atoms with van der Waals surface area (Å²) < 4.78 is 31.1. The van der Waals surface area contributed by atoms with Crippen LogP contribution in [0.3, 0.4) is 0 Å². The van der Waals surface area contributed by atoms with E-state index in [1.807, 2.05) is 0 Å². The van der Waals surface area contributed by atoms with E-state index in [-0.39, 0.29) is 23.8 Å². The number of para-hydroxylation sites is 1. The quantitative estimate of drug-likeness (QED) is 0.241. The lowest BCUT2D eigenvalue weighted by molar-refractivity contribution is -0.123. The van der Waals surface area contributed by atoms with Crippen LogP contribution in [0.2, 0.25) is 0 Å². The monoisotopic (exact) mass is 559 g/mol. The molecule has 0 aliphatic heterocycles. The van der Waals surface area contributed by atoms with Crippen molar-refractivity contribution in [2.75, 3.05) is 18.4 Å². The van der Waals surface area contributed by atoms with Crippen LogP contribution in [-0.4, -0.2) is 46.7 Å². The van der Waals surface area contributed by atoms with Crippen LogP contribution in [0.25, 0.3) is 10.9 Å². The molecule has 0 fully saturated rings. The zero-order valence-corrected chi connectivity index (χ0v) is 22.3. The van der Waals surface area contributed by atoms with Gasteiger partial charge in [0.05, 0.1) is 11.1 Å². The number of fused-ring (bicyclic) bond motifs is 1. The molecule has 3 N–H and O–H groups in total. The Labute approximate surface area is 234 Å². The summed E-state index contributed by atoms with van der Waals surface area (Å²) in [7, 11) is 0. The number of ether oxygens (including phenoxy) is 1. The van der Waals surface area contributed by atoms with E-state index in [0.29, 0.717) is 33.7 Å². The Morgan fingerprint density at radius 1 is 0.951 bits per heavy atom. The molecule has 0 aliphatic carbocycles. The number of halogens is 2. The maximum atomic E-state index is 13.4. The van der Waals surface area contributed by atoms with E-state index in [2.05, 4.69) is 21.7 Å². The average molecular weight is 560 g/mol. The normalized spacial score (nSPS) is 10.9. The van der Waals surface area contributed by atoms with Gasteiger partial charge in [0.25, 0.3) is 12.3 Å². The molecule has 4 aromatic rings. The van der Waals surface area contributed by atoms with Crippen LogP contribution in [0, 0.1) is 11.3 Å². The lowest BCUT2D eigenvalue weighted by Crippen LogP contribution is -2.45. The molecule has 0 aliphatic rings. The van der Waals surface area contributed by atoms with Crippen molar-refractivity contribution in [2.45, 2.75) is 26.3 Å². The number of aromatic amines is 1. The highest BCUT2D eigenvalue weighted by Gasteiger charge is 2.24. The highest BCUT2D eigenvalue weighted by atomic mass is 19.3. The lowest BCUT2D eigenvalue weighted by atomic mass is 10.1. The van der Waals surface area contributed by atoms with Crippen molar-refractivity contribution in [3.8, 4) is 17.6 Å². The number of nitrogens with zero attached hydrogens (tertiary/aromatic N) is 2. The number of carbonyl (C=O) groups excluding carboxylic acids is 3. The predicted octanol–water partition coefficient (Wildman–Crippen LogP) is 5.37. The Kier molecular flexibility index (Phi) is 8.94. The van der Waals surface area contributed by atoms with E-state index in [1.165, 1.54) is 24.3 Å². The molecule has 9 nitrogen and oxygen atoms in total. The Morgan fingerprint density at radius 2 is 1.59 bits per heavy atom. The largest absolute Gasteiger partial charge is 0.457 e. The Balaban J connectivity index is 1.45. The smallest absolute Gasteiger partial charge is 0.271 e. The van der Waals surface area contributed by atoms with Crippen LogP contribution in [0.4, 0.5) is 14.5 Å². The topological polar surface area (TPSA) is 127 Å². The number of alkyl halides is 2. The zero-order chi connectivity index (χ0) is 29.5. The number of anilines is 1. The second kappa shape index (κ2) is 12.7. The number of carbonyl (C=O) groups is 3. The molecule has 0 radical (unpaired) electrons. The van der Waals surface area contributed by atoms with Gasteiger partial charge in [-0.05, 0) is 74.5 Å². The SMILES string of the molecule is CC(C)NC(=O)CN(CC(=O)Nc1ccc(Oc2ccc(C(F)F)cc2)cc1)C(=O)c1cc2cccc(C#N)c2[nH]1. The maximum Gasteiger partial charge on any atom is 0.271 e. The third-order valence-electron chi connectivity index (χ3n) is 5.92. The summed E-state index contributed by atoms with van der Waals surface area (Å²) in [5.74, 6) is -0.760. The first-order valence-electron chi connectivity index (χ1n) is 12.7. The van der Waals surface area contributed by atoms with Crippen LogP contribution >= 0.6 is 0 Å². The number of benzene rings is 3. The molecule has 0 unspecified atom stereocenters. The zero-order valence-electron chi connectivity index (χ0n) is 22.3. The minimum atomic E-state index is -2.57. The molecule has 0 saturated carbocycles. The van der Waals surface area contributed by atoms with Crippen molar-refractivity contribution >= 4 is 34.3 Å². The lowest BCUT2D eigenvalue weighted by Gasteiger charge is -2.22. The number of aromatic nitrogens is 1. The molecular formula is C30H27F2N5O4. The van der Waals surface area contributed by atoms with E-state index in [1.54, 1.807) is 62.4 Å². The number of hydrogen-bond donors (Lipinski definition) is 3. The van der Waals surface area contributed by atoms with Crippen molar-refractivity contribution in [2.24, 2.45) is 0 Å². The number of nitriles is 1. The summed E-state index contributed by atoms with van der Waals surface area (Å²) in [6.07, 6.45) is -2.57. The Morgan fingerprint density at radius 3 is 2.20 bits per heavy atom. The second-order valence-corrected chi connectivity index (χ2v) is 9.49. The van der Waals surface area contributed by atoms with Gasteiger partial charge >= 0.3 is 0 Å². The van der Waals surface area contributed by atoms with Crippen LogP contribution < -0.4 is 15.4 Å². The molecule has 0 spiro atoms. The highest BCUT2D eigenvalue weighted by Crippen LogP contribution is 2.26. The summed E-state index contributed by atoms with van der Waals surface area (Å²) in [5, 5.41) is 15.4. The molecular weight excluding hydrogens is 532 g/mol. The first-order valence-corrected chi connectivity index (χ1v) is 12.7. The van der Waals surface area contributed by atoms with Gasteiger partial charge in [-0.3, -0.25) is 14.4 Å². The molecule has 41 heavy (non-hydrogen) atoms. The number of nitrogens with one attached hydrogen (secondary N) is 3. The van der Waals surface area contributed by atoms with Gasteiger partial charge in [0, 0.05) is 22.7 Å². The Bertz CT molecular complexity index is 1590. The maximum absolute atomic E-state index is 13.4. The van der Waals surface area contributed by atoms with Gasteiger partial charge < -0.3 is 25.3 Å². The number of hydrogen-bond acceptors (Lipinski definition) is 5. The standard InChI is InChI=1S/C30H27F2N5O4/c1-18(2)34-26(38)16-37(30(40)25-14-20-4-3-5-21(15-33)28(20)36-25)17-27(39)35-22-8-12-24(13-9-22)41-23-10-6-19(7-11-23)29(31)32/h3-14,18,29,36H,16-17H2,1-2H3,(H,34,38)(H,35,39). The predicted molar refractivity (Wildman–Crippen MR) is 149 cm³/mol. The molecule has 0 saturated heterocycles. The summed E-state index contributed by atoms with van der Waals surface area (Å²) in [5.41, 5.74) is 1.29. The molecule has 0 bridgehead atoms. The molecule has 1 heterocycles. The Hall–Kier alpha value is -5.24. The fourth-order valence-corrected chi connectivity index (χ4v) is 4.07. The van der Waals surface area contributed by atoms with Crippen molar-refractivity contribution in [3.63, 3.8) is 0 Å². The van der Waals surface area contributed by atoms with Gasteiger partial charge in [-0.15, -0.1) is 0 Å². The van der Waals surface area contributed by atoms with Crippen LogP contribution in [0.5, 0.6) is 11.5 Å². The molecule has 3 amide bonds. The third kappa shape index (κ3) is 7.45. The average Bonchev–Trinajstić information content (AvgIpc) is 3.38. The van der Waals surface area contributed by atoms with Gasteiger partial charge in [0.1, 0.15) is 36.4 Å². The molecule has 4 rings (SSSR count). The summed E-state index contributed by atoms with van der Waals surface area (Å²) in [4.78, 5) is 42.9. The summed E-state index contributed by atoms with van der Waals surface area (Å²) in [6.45, 7) is 2.79. The highest BCUT2D eigenvalue weighted by molar-refractivity contribution is 6.03. The van der Waals surface area contributed by atoms with Crippen molar-refractivity contribution in [3.05, 3.63) is 89.6 Å². The fraction of sp³-hybridized carbons (Fsp3) is 0.200. The molecule has 11 heteroatoms. The second-order valence-electron chi connectivity index (χ2n) is 9.49. The van der Waals surface area contributed by atoms with Gasteiger partial charge in [0.2, 0.25) is 11.8 Å². The molecule has 0 atom stereocenters. The number of amides is 3. The third-order valence-corrected chi connectivity index (χ3v) is 5.92. The first-order chi connectivity index (χ1) is 19.6. The van der Waals surface area contributed by atoms with Crippen LogP contribution in [-0.2, 0) is 9.59 Å². The number of H-pyrrole nitrogens is 1. The van der Waals surface area contributed by atoms with Crippen molar-refractivity contribution in [1.29, 1.82) is 5.26 Å². The van der Waals surface area contributed by atoms with Gasteiger partial charge in [-0.2, -0.15) is 5.26 Å². The summed E-state index contributed by atoms with van der Waals surface area (Å²) >= 11 is 0. The van der Waals surface area contributed by atoms with E-state index in [0.717, 1.165) is 4.90 Å². The van der Waals surface area contributed by atoms with E-state index in [9.17, 15) is 28.4 Å². The molecule has 210 valence electrons. The van der Waals surface area contributed by atoms with E-state index < -0.39 is 30.7 Å². The van der Waals surface area contributed by atoms with Gasteiger partial charge in [0.15, 0.2) is 0 Å². The fourth-order valence-electron chi connectivity index (χ4n) is 4.07. The van der Waals surface area contributed by atoms with Gasteiger partial charge in [-0.25, -0.2) is 8.78 Å². The van der Waals surface area contributed by atoms with E-state index in [4.69, 9.17) is 4.74 Å². The minimum absolute atomic E-state index is 0.110. The van der Waals surface area contributed by atoms with Crippen LogP contribution in [0.15, 0.2) is 72.8 Å².